The Hall–Kier alpha value is -1.06. The summed E-state index contributed by atoms with van der Waals surface area (Å²) in [6, 6.07) is -0.582. The molecule has 0 aromatic rings. The molecule has 0 saturated carbocycles. The van der Waals surface area contributed by atoms with Crippen molar-refractivity contribution in [2.24, 2.45) is 5.92 Å². The predicted octanol–water partition coefficient (Wildman–Crippen LogP) is 1.50. The molecule has 1 amide bonds. The molecular formula is C11H19NO3. The third-order valence-corrected chi connectivity index (χ3v) is 3.08. The van der Waals surface area contributed by atoms with Crippen molar-refractivity contribution in [2.75, 3.05) is 6.54 Å². The number of carbonyl (C=O) groups excluding carboxylic acids is 1. The van der Waals surface area contributed by atoms with Crippen LogP contribution in [0.15, 0.2) is 0 Å². The van der Waals surface area contributed by atoms with Crippen molar-refractivity contribution in [3.05, 3.63) is 0 Å². The minimum Gasteiger partial charge on any atom is -0.480 e. The van der Waals surface area contributed by atoms with E-state index in [2.05, 4.69) is 0 Å². The quantitative estimate of drug-likeness (QED) is 0.769. The van der Waals surface area contributed by atoms with Crippen LogP contribution >= 0.6 is 0 Å². The molecule has 1 saturated heterocycles. The SMILES string of the molecule is CCC(C)CC(=O)N1CCC[C@H]1C(=O)O. The van der Waals surface area contributed by atoms with Gasteiger partial charge < -0.3 is 10.0 Å². The predicted molar refractivity (Wildman–Crippen MR) is 56.4 cm³/mol. The first-order valence-electron chi connectivity index (χ1n) is 5.58. The molecule has 0 aromatic heterocycles. The van der Waals surface area contributed by atoms with E-state index < -0.39 is 12.0 Å². The van der Waals surface area contributed by atoms with Crippen LogP contribution < -0.4 is 0 Å². The van der Waals surface area contributed by atoms with Crippen LogP contribution in [0.1, 0.15) is 39.5 Å². The summed E-state index contributed by atoms with van der Waals surface area (Å²) in [5.74, 6) is -0.535. The third-order valence-electron chi connectivity index (χ3n) is 3.08. The molecule has 1 aliphatic heterocycles. The summed E-state index contributed by atoms with van der Waals surface area (Å²) in [6.07, 6.45) is 2.84. The first kappa shape index (κ1) is 12.0. The van der Waals surface area contributed by atoms with Gasteiger partial charge in [-0.1, -0.05) is 20.3 Å². The van der Waals surface area contributed by atoms with Gasteiger partial charge in [-0.2, -0.15) is 0 Å². The molecule has 86 valence electrons. The van der Waals surface area contributed by atoms with Gasteiger partial charge in [0, 0.05) is 13.0 Å². The minimum absolute atomic E-state index is 0.00532. The number of rotatable bonds is 4. The Bertz CT molecular complexity index is 252. The summed E-state index contributed by atoms with van der Waals surface area (Å²) in [6.45, 7) is 4.66. The number of amides is 1. The fourth-order valence-corrected chi connectivity index (χ4v) is 1.88. The molecule has 0 spiro atoms. The number of hydrogen-bond acceptors (Lipinski definition) is 2. The van der Waals surface area contributed by atoms with E-state index in [-0.39, 0.29) is 5.91 Å². The first-order valence-corrected chi connectivity index (χ1v) is 5.58. The molecule has 1 unspecified atom stereocenters. The summed E-state index contributed by atoms with van der Waals surface area (Å²) >= 11 is 0. The number of carboxylic acid groups (broad SMARTS) is 1. The maximum absolute atomic E-state index is 11.8. The van der Waals surface area contributed by atoms with Gasteiger partial charge in [-0.05, 0) is 18.8 Å². The van der Waals surface area contributed by atoms with Gasteiger partial charge in [-0.3, -0.25) is 4.79 Å². The maximum Gasteiger partial charge on any atom is 0.326 e. The van der Waals surface area contributed by atoms with Gasteiger partial charge in [0.25, 0.3) is 0 Å². The lowest BCUT2D eigenvalue weighted by atomic mass is 10.0. The van der Waals surface area contributed by atoms with Crippen LogP contribution in [0.3, 0.4) is 0 Å². The molecule has 15 heavy (non-hydrogen) atoms. The summed E-state index contributed by atoms with van der Waals surface area (Å²) in [5.41, 5.74) is 0. The smallest absolute Gasteiger partial charge is 0.326 e. The van der Waals surface area contributed by atoms with Crippen molar-refractivity contribution in [3.8, 4) is 0 Å². The molecule has 1 heterocycles. The van der Waals surface area contributed by atoms with Crippen molar-refractivity contribution >= 4 is 11.9 Å². The Morgan fingerprint density at radius 1 is 1.53 bits per heavy atom. The van der Waals surface area contributed by atoms with Crippen molar-refractivity contribution in [1.82, 2.24) is 4.90 Å². The van der Waals surface area contributed by atoms with Gasteiger partial charge in [-0.15, -0.1) is 0 Å². The molecule has 0 radical (unpaired) electrons. The van der Waals surface area contributed by atoms with Gasteiger partial charge in [0.2, 0.25) is 5.91 Å². The van der Waals surface area contributed by atoms with Crippen molar-refractivity contribution in [1.29, 1.82) is 0 Å². The van der Waals surface area contributed by atoms with Crippen molar-refractivity contribution in [2.45, 2.75) is 45.6 Å². The normalized spacial score (nSPS) is 22.8. The Labute approximate surface area is 90.3 Å². The zero-order valence-corrected chi connectivity index (χ0v) is 9.40. The molecule has 1 aliphatic rings. The highest BCUT2D eigenvalue weighted by Crippen LogP contribution is 2.20. The second kappa shape index (κ2) is 5.14. The van der Waals surface area contributed by atoms with Crippen LogP contribution in [0.4, 0.5) is 0 Å². The molecule has 1 rings (SSSR count). The Morgan fingerprint density at radius 3 is 2.73 bits per heavy atom. The van der Waals surface area contributed by atoms with E-state index in [1.807, 2.05) is 13.8 Å². The second-order valence-corrected chi connectivity index (χ2v) is 4.30. The van der Waals surface area contributed by atoms with E-state index in [1.165, 1.54) is 4.90 Å². The van der Waals surface area contributed by atoms with Crippen LogP contribution in [0, 0.1) is 5.92 Å². The van der Waals surface area contributed by atoms with Crippen LogP contribution in [0.5, 0.6) is 0 Å². The molecule has 4 nitrogen and oxygen atoms in total. The number of nitrogens with zero attached hydrogens (tertiary/aromatic N) is 1. The molecule has 2 atom stereocenters. The number of likely N-dealkylation sites (tertiary alicyclic amines) is 1. The van der Waals surface area contributed by atoms with E-state index >= 15 is 0 Å². The van der Waals surface area contributed by atoms with E-state index in [0.717, 1.165) is 12.8 Å². The number of carbonyl (C=O) groups is 2. The molecule has 0 aromatic carbocycles. The fourth-order valence-electron chi connectivity index (χ4n) is 1.88. The van der Waals surface area contributed by atoms with Crippen LogP contribution in [0.25, 0.3) is 0 Å². The highest BCUT2D eigenvalue weighted by molar-refractivity contribution is 5.84. The topological polar surface area (TPSA) is 57.6 Å². The van der Waals surface area contributed by atoms with Gasteiger partial charge in [0.05, 0.1) is 0 Å². The largest absolute Gasteiger partial charge is 0.480 e. The zero-order valence-electron chi connectivity index (χ0n) is 9.40. The zero-order chi connectivity index (χ0) is 11.4. The Kier molecular flexibility index (Phi) is 4.12. The highest BCUT2D eigenvalue weighted by Gasteiger charge is 2.33. The molecule has 1 N–H and O–H groups in total. The second-order valence-electron chi connectivity index (χ2n) is 4.30. The van der Waals surface area contributed by atoms with Gasteiger partial charge in [0.1, 0.15) is 6.04 Å². The standard InChI is InChI=1S/C11H19NO3/c1-3-8(2)7-10(13)12-6-4-5-9(12)11(14)15/h8-9H,3-7H2,1-2H3,(H,14,15)/t8?,9-/m0/s1. The number of hydrogen-bond donors (Lipinski definition) is 1. The van der Waals surface area contributed by atoms with Crippen molar-refractivity contribution in [3.63, 3.8) is 0 Å². The van der Waals surface area contributed by atoms with Gasteiger partial charge in [-0.25, -0.2) is 4.79 Å². The highest BCUT2D eigenvalue weighted by atomic mass is 16.4. The molecule has 0 bridgehead atoms. The van der Waals surface area contributed by atoms with Gasteiger partial charge in [0.15, 0.2) is 0 Å². The summed E-state index contributed by atoms with van der Waals surface area (Å²) in [4.78, 5) is 24.2. The lowest BCUT2D eigenvalue weighted by Crippen LogP contribution is -2.40. The lowest BCUT2D eigenvalue weighted by Gasteiger charge is -2.22. The third kappa shape index (κ3) is 2.94. The van der Waals surface area contributed by atoms with Crippen LogP contribution in [-0.2, 0) is 9.59 Å². The van der Waals surface area contributed by atoms with E-state index in [4.69, 9.17) is 5.11 Å². The maximum atomic E-state index is 11.8. The molecule has 0 aliphatic carbocycles. The molecule has 4 heteroatoms. The lowest BCUT2D eigenvalue weighted by molar-refractivity contribution is -0.148. The Morgan fingerprint density at radius 2 is 2.20 bits per heavy atom. The number of aliphatic carboxylic acids is 1. The van der Waals surface area contributed by atoms with Crippen molar-refractivity contribution < 1.29 is 14.7 Å². The molecular weight excluding hydrogens is 194 g/mol. The van der Waals surface area contributed by atoms with Crippen LogP contribution in [0.2, 0.25) is 0 Å². The van der Waals surface area contributed by atoms with E-state index in [9.17, 15) is 9.59 Å². The average Bonchev–Trinajstić information content (AvgIpc) is 2.65. The first-order chi connectivity index (χ1) is 7.06. The van der Waals surface area contributed by atoms with E-state index in [1.54, 1.807) is 0 Å². The fraction of sp³-hybridized carbons (Fsp3) is 0.818. The number of carboxylic acids is 1. The van der Waals surface area contributed by atoms with Gasteiger partial charge >= 0.3 is 5.97 Å². The Balaban J connectivity index is 2.55. The minimum atomic E-state index is -0.870. The monoisotopic (exact) mass is 213 g/mol. The molecule has 1 fully saturated rings. The summed E-state index contributed by atoms with van der Waals surface area (Å²) in [7, 11) is 0. The average molecular weight is 213 g/mol. The van der Waals surface area contributed by atoms with Crippen LogP contribution in [-0.4, -0.2) is 34.5 Å². The summed E-state index contributed by atoms with van der Waals surface area (Å²) < 4.78 is 0. The van der Waals surface area contributed by atoms with E-state index in [0.29, 0.717) is 25.3 Å². The summed E-state index contributed by atoms with van der Waals surface area (Å²) in [5, 5.41) is 8.93.